The Balaban J connectivity index is 2.98. The van der Waals surface area contributed by atoms with Gasteiger partial charge in [-0.1, -0.05) is 83.1 Å². The van der Waals surface area contributed by atoms with E-state index in [0.717, 1.165) is 12.8 Å². The van der Waals surface area contributed by atoms with Crippen LogP contribution in [-0.2, 0) is 11.3 Å². The SMILES string of the molecule is C/C=C\[C@@](O)(CCC)[Si@@](C)(COCc1ccccc1)C(C)(C)C. The molecule has 0 unspecified atom stereocenters. The molecule has 0 aliphatic carbocycles. The molecule has 130 valence electrons. The Hall–Kier alpha value is -0.903. The standard InChI is InChI=1S/C20H34O2Si/c1-7-14-20(21,15-8-2)23(6,19(3,4)5)17-22-16-18-12-10-9-11-13-18/h7,9-14,21H,8,15-17H2,1-6H3/b14-7-/t20-,23-/m0/s1. The molecule has 0 amide bonds. The molecule has 0 aliphatic rings. The molecule has 1 rings (SSSR count). The highest BCUT2D eigenvalue weighted by molar-refractivity contribution is 6.84. The normalized spacial score (nSPS) is 17.9. The van der Waals surface area contributed by atoms with Gasteiger partial charge >= 0.3 is 0 Å². The molecule has 0 radical (unpaired) electrons. The van der Waals surface area contributed by atoms with E-state index in [1.54, 1.807) is 0 Å². The molecule has 0 heterocycles. The van der Waals surface area contributed by atoms with Crippen molar-refractivity contribution in [1.82, 2.24) is 0 Å². The molecular formula is C20H34O2Si. The third-order valence-corrected chi connectivity index (χ3v) is 11.6. The molecular weight excluding hydrogens is 300 g/mol. The first-order valence-corrected chi connectivity index (χ1v) is 11.4. The number of ether oxygens (including phenoxy) is 1. The minimum Gasteiger partial charge on any atom is -0.389 e. The number of benzene rings is 1. The second kappa shape index (κ2) is 8.27. The molecule has 1 aromatic rings. The highest BCUT2D eigenvalue weighted by Crippen LogP contribution is 2.45. The van der Waals surface area contributed by atoms with Gasteiger partial charge in [0.05, 0.1) is 11.8 Å². The van der Waals surface area contributed by atoms with Crippen molar-refractivity contribution in [3.63, 3.8) is 0 Å². The molecule has 0 saturated carbocycles. The van der Waals surface area contributed by atoms with Crippen LogP contribution in [0.1, 0.15) is 53.0 Å². The van der Waals surface area contributed by atoms with E-state index in [2.05, 4.69) is 46.4 Å². The maximum absolute atomic E-state index is 11.5. The smallest absolute Gasteiger partial charge is 0.127 e. The lowest BCUT2D eigenvalue weighted by atomic mass is 10.2. The van der Waals surface area contributed by atoms with E-state index < -0.39 is 13.3 Å². The molecule has 1 aromatic carbocycles. The molecule has 0 spiro atoms. The van der Waals surface area contributed by atoms with Crippen molar-refractivity contribution >= 4 is 8.07 Å². The molecule has 1 N–H and O–H groups in total. The van der Waals surface area contributed by atoms with E-state index in [1.165, 1.54) is 5.56 Å². The van der Waals surface area contributed by atoms with Crippen molar-refractivity contribution in [2.45, 2.75) is 70.9 Å². The number of hydrogen-bond donors (Lipinski definition) is 1. The van der Waals surface area contributed by atoms with E-state index in [-0.39, 0.29) is 5.04 Å². The van der Waals surface area contributed by atoms with Crippen LogP contribution < -0.4 is 0 Å². The van der Waals surface area contributed by atoms with Gasteiger partial charge in [0.15, 0.2) is 0 Å². The van der Waals surface area contributed by atoms with E-state index in [9.17, 15) is 5.11 Å². The molecule has 3 heteroatoms. The molecule has 23 heavy (non-hydrogen) atoms. The topological polar surface area (TPSA) is 29.5 Å². The summed E-state index contributed by atoms with van der Waals surface area (Å²) in [7, 11) is -2.15. The quantitative estimate of drug-likeness (QED) is 0.518. The van der Waals surface area contributed by atoms with Crippen LogP contribution in [0.5, 0.6) is 0 Å². The van der Waals surface area contributed by atoms with Gasteiger partial charge in [0.1, 0.15) is 8.07 Å². The summed E-state index contributed by atoms with van der Waals surface area (Å²) in [4.78, 5) is 0. The zero-order chi connectivity index (χ0) is 17.6. The van der Waals surface area contributed by atoms with Crippen molar-refractivity contribution in [3.8, 4) is 0 Å². The third-order valence-electron chi connectivity index (χ3n) is 5.19. The predicted molar refractivity (Wildman–Crippen MR) is 102 cm³/mol. The zero-order valence-electron chi connectivity index (χ0n) is 15.7. The lowest BCUT2D eigenvalue weighted by Crippen LogP contribution is -2.64. The summed E-state index contributed by atoms with van der Waals surface area (Å²) in [6, 6.07) is 10.3. The first kappa shape index (κ1) is 20.1. The van der Waals surface area contributed by atoms with Gasteiger partial charge in [-0.3, -0.25) is 0 Å². The van der Waals surface area contributed by atoms with Crippen LogP contribution in [0.2, 0.25) is 11.6 Å². The maximum atomic E-state index is 11.5. The van der Waals surface area contributed by atoms with E-state index in [0.29, 0.717) is 12.8 Å². The summed E-state index contributed by atoms with van der Waals surface area (Å²) in [5.74, 6) is 0. The maximum Gasteiger partial charge on any atom is 0.127 e. The fourth-order valence-electron chi connectivity index (χ4n) is 3.14. The third kappa shape index (κ3) is 4.79. The van der Waals surface area contributed by atoms with Gasteiger partial charge in [0.25, 0.3) is 0 Å². The second-order valence-corrected chi connectivity index (χ2v) is 13.1. The number of rotatable bonds is 8. The van der Waals surface area contributed by atoms with Crippen molar-refractivity contribution in [3.05, 3.63) is 48.0 Å². The number of hydrogen-bond acceptors (Lipinski definition) is 2. The van der Waals surface area contributed by atoms with Gasteiger partial charge in [-0.15, -0.1) is 0 Å². The van der Waals surface area contributed by atoms with E-state index >= 15 is 0 Å². The first-order valence-electron chi connectivity index (χ1n) is 8.68. The van der Waals surface area contributed by atoms with Crippen molar-refractivity contribution in [2.75, 3.05) is 6.23 Å². The Labute approximate surface area is 143 Å². The van der Waals surface area contributed by atoms with Crippen molar-refractivity contribution in [2.24, 2.45) is 0 Å². The summed E-state index contributed by atoms with van der Waals surface area (Å²) in [6.45, 7) is 13.8. The Morgan fingerprint density at radius 3 is 2.26 bits per heavy atom. The zero-order valence-corrected chi connectivity index (χ0v) is 16.7. The van der Waals surface area contributed by atoms with Crippen molar-refractivity contribution < 1.29 is 9.84 Å². The highest BCUT2D eigenvalue weighted by atomic mass is 28.3. The monoisotopic (exact) mass is 334 g/mol. The minimum atomic E-state index is -2.15. The average Bonchev–Trinajstić information content (AvgIpc) is 2.47. The van der Waals surface area contributed by atoms with Crippen LogP contribution >= 0.6 is 0 Å². The molecule has 0 bridgehead atoms. The lowest BCUT2D eigenvalue weighted by Gasteiger charge is -2.50. The summed E-state index contributed by atoms with van der Waals surface area (Å²) in [6.07, 6.45) is 6.43. The number of allylic oxidation sites excluding steroid dienone is 1. The molecule has 0 saturated heterocycles. The van der Waals surface area contributed by atoms with Gasteiger partial charge in [0, 0.05) is 6.23 Å². The van der Waals surface area contributed by atoms with Crippen LogP contribution in [0.15, 0.2) is 42.5 Å². The van der Waals surface area contributed by atoms with Gasteiger partial charge in [-0.25, -0.2) is 0 Å². The van der Waals surface area contributed by atoms with Crippen LogP contribution in [0, 0.1) is 0 Å². The Kier molecular flexibility index (Phi) is 7.24. The predicted octanol–water partition coefficient (Wildman–Crippen LogP) is 5.27. The second-order valence-electron chi connectivity index (χ2n) is 7.73. The largest absolute Gasteiger partial charge is 0.389 e. The Morgan fingerprint density at radius 1 is 1.17 bits per heavy atom. The molecule has 2 nitrogen and oxygen atoms in total. The fourth-order valence-corrected chi connectivity index (χ4v) is 6.97. The van der Waals surface area contributed by atoms with Gasteiger partial charge < -0.3 is 9.84 Å². The van der Waals surface area contributed by atoms with Gasteiger partial charge in [-0.05, 0) is 23.9 Å². The molecule has 0 aromatic heterocycles. The summed E-state index contributed by atoms with van der Waals surface area (Å²) < 4.78 is 6.12. The molecule has 0 fully saturated rings. The van der Waals surface area contributed by atoms with E-state index in [1.807, 2.05) is 37.3 Å². The van der Waals surface area contributed by atoms with Crippen LogP contribution in [-0.4, -0.2) is 24.6 Å². The van der Waals surface area contributed by atoms with Gasteiger partial charge in [-0.2, -0.15) is 0 Å². The average molecular weight is 335 g/mol. The molecule has 0 aliphatic heterocycles. The summed E-state index contributed by atoms with van der Waals surface area (Å²) >= 11 is 0. The van der Waals surface area contributed by atoms with Crippen LogP contribution in [0.25, 0.3) is 0 Å². The summed E-state index contributed by atoms with van der Waals surface area (Å²) in [5.41, 5.74) is 1.18. The number of aliphatic hydroxyl groups is 1. The van der Waals surface area contributed by atoms with Crippen LogP contribution in [0.3, 0.4) is 0 Å². The highest BCUT2D eigenvalue weighted by Gasteiger charge is 2.54. The Morgan fingerprint density at radius 2 is 1.78 bits per heavy atom. The van der Waals surface area contributed by atoms with Gasteiger partial charge in [0.2, 0.25) is 0 Å². The van der Waals surface area contributed by atoms with Crippen LogP contribution in [0.4, 0.5) is 0 Å². The minimum absolute atomic E-state index is 0.0487. The first-order chi connectivity index (χ1) is 10.7. The van der Waals surface area contributed by atoms with Crippen molar-refractivity contribution in [1.29, 1.82) is 0 Å². The summed E-state index contributed by atoms with van der Waals surface area (Å²) in [5, 5.41) is 10.8. The van der Waals surface area contributed by atoms with E-state index in [4.69, 9.17) is 4.74 Å². The lowest BCUT2D eigenvalue weighted by molar-refractivity contribution is 0.114. The Bertz CT molecular complexity index is 492. The fraction of sp³-hybridized carbons (Fsp3) is 0.600. The molecule has 2 atom stereocenters.